The van der Waals surface area contributed by atoms with E-state index in [2.05, 4.69) is 15.0 Å². The molecule has 2 heterocycles. The summed E-state index contributed by atoms with van der Waals surface area (Å²) < 4.78 is 11.4. The second-order valence-corrected chi connectivity index (χ2v) is 5.31. The maximum Gasteiger partial charge on any atom is 0.157 e. The van der Waals surface area contributed by atoms with Gasteiger partial charge >= 0.3 is 0 Å². The molecule has 4 nitrogen and oxygen atoms in total. The van der Waals surface area contributed by atoms with Crippen LogP contribution in [-0.2, 0) is 11.2 Å². The molecule has 0 saturated heterocycles. The standard InChI is InChI=1S/C13H11N3OS/c1-18(17)9-5-6-10-12(8-9)16-13(15-10)11-4-2-3-7-14-11/h2-8H,1H3,(H,15,16). The molecule has 0 aliphatic heterocycles. The third-order valence-electron chi connectivity index (χ3n) is 2.69. The minimum atomic E-state index is -0.990. The van der Waals surface area contributed by atoms with Gasteiger partial charge in [-0.1, -0.05) is 6.07 Å². The van der Waals surface area contributed by atoms with E-state index < -0.39 is 11.2 Å². The van der Waals surface area contributed by atoms with Crippen LogP contribution in [0.3, 0.4) is 0 Å². The van der Waals surface area contributed by atoms with Crippen LogP contribution in [0, 0.1) is 0 Å². The van der Waals surface area contributed by atoms with Gasteiger partial charge in [-0.25, -0.2) is 4.98 Å². The van der Waals surface area contributed by atoms with Gasteiger partial charge in [0.05, 0.1) is 11.0 Å². The molecular weight excluding hydrogens is 246 g/mol. The van der Waals surface area contributed by atoms with Gasteiger partial charge in [0.1, 0.15) is 11.9 Å². The van der Waals surface area contributed by atoms with Crippen LogP contribution in [0.15, 0.2) is 47.5 Å². The molecule has 1 unspecified atom stereocenters. The molecule has 1 aromatic carbocycles. The summed E-state index contributed by atoms with van der Waals surface area (Å²) in [5, 5.41) is 0. The van der Waals surface area contributed by atoms with Crippen molar-refractivity contribution in [2.75, 3.05) is 6.26 Å². The molecule has 90 valence electrons. The summed E-state index contributed by atoms with van der Waals surface area (Å²) in [6.07, 6.45) is 3.39. The van der Waals surface area contributed by atoms with Crippen molar-refractivity contribution in [2.45, 2.75) is 4.90 Å². The van der Waals surface area contributed by atoms with Gasteiger partial charge in [-0.05, 0) is 35.4 Å². The lowest BCUT2D eigenvalue weighted by Gasteiger charge is -2.02. The number of hydrogen-bond donors (Lipinski definition) is 1. The summed E-state index contributed by atoms with van der Waals surface area (Å²) in [6.45, 7) is 0. The van der Waals surface area contributed by atoms with Crippen LogP contribution >= 0.6 is 0 Å². The summed E-state index contributed by atoms with van der Waals surface area (Å²) in [6, 6.07) is 11.3. The zero-order valence-corrected chi connectivity index (χ0v) is 10.6. The zero-order valence-electron chi connectivity index (χ0n) is 9.75. The Balaban J connectivity index is 2.11. The van der Waals surface area contributed by atoms with E-state index >= 15 is 0 Å². The number of benzene rings is 1. The van der Waals surface area contributed by atoms with Crippen molar-refractivity contribution < 1.29 is 4.55 Å². The highest BCUT2D eigenvalue weighted by Crippen LogP contribution is 2.21. The third kappa shape index (κ3) is 1.98. The van der Waals surface area contributed by atoms with Crippen LogP contribution in [0.4, 0.5) is 0 Å². The van der Waals surface area contributed by atoms with Crippen LogP contribution in [0.2, 0.25) is 0 Å². The quantitative estimate of drug-likeness (QED) is 0.717. The average Bonchev–Trinajstić information content (AvgIpc) is 2.82. The van der Waals surface area contributed by atoms with Crippen molar-refractivity contribution in [2.24, 2.45) is 0 Å². The highest BCUT2D eigenvalue weighted by Gasteiger charge is 2.10. The number of rotatable bonds is 2. The van der Waals surface area contributed by atoms with Crippen molar-refractivity contribution in [3.8, 4) is 11.5 Å². The number of nitrogens with one attached hydrogen (secondary N) is 1. The van der Waals surface area contributed by atoms with Gasteiger partial charge in [-0.2, -0.15) is 0 Å². The largest absolute Gasteiger partial charge is 0.612 e. The maximum absolute atomic E-state index is 11.4. The maximum atomic E-state index is 11.4. The second-order valence-electron chi connectivity index (χ2n) is 3.93. The Labute approximate surface area is 107 Å². The van der Waals surface area contributed by atoms with E-state index in [0.717, 1.165) is 27.4 Å². The van der Waals surface area contributed by atoms with Gasteiger partial charge < -0.3 is 9.54 Å². The summed E-state index contributed by atoms with van der Waals surface area (Å²) in [4.78, 5) is 12.7. The first-order valence-corrected chi connectivity index (χ1v) is 7.04. The first-order chi connectivity index (χ1) is 8.74. The minimum absolute atomic E-state index is 0.727. The molecule has 0 amide bonds. The fourth-order valence-corrected chi connectivity index (χ4v) is 2.33. The van der Waals surface area contributed by atoms with Gasteiger partial charge in [0, 0.05) is 12.3 Å². The molecule has 0 aliphatic rings. The van der Waals surface area contributed by atoms with Gasteiger partial charge in [0.15, 0.2) is 10.7 Å². The van der Waals surface area contributed by atoms with Gasteiger partial charge in [-0.3, -0.25) is 4.98 Å². The van der Waals surface area contributed by atoms with Gasteiger partial charge in [0.25, 0.3) is 0 Å². The number of pyridine rings is 1. The van der Waals surface area contributed by atoms with E-state index in [1.807, 2.05) is 36.4 Å². The van der Waals surface area contributed by atoms with Crippen LogP contribution < -0.4 is 0 Å². The number of H-pyrrole nitrogens is 1. The van der Waals surface area contributed by atoms with E-state index in [9.17, 15) is 4.55 Å². The van der Waals surface area contributed by atoms with Crippen molar-refractivity contribution in [1.82, 2.24) is 15.0 Å². The van der Waals surface area contributed by atoms with Crippen LogP contribution in [-0.4, -0.2) is 25.8 Å². The Morgan fingerprint density at radius 1 is 1.22 bits per heavy atom. The normalized spacial score (nSPS) is 12.8. The highest BCUT2D eigenvalue weighted by molar-refractivity contribution is 7.90. The zero-order chi connectivity index (χ0) is 12.5. The molecule has 0 radical (unpaired) electrons. The van der Waals surface area contributed by atoms with E-state index in [1.165, 1.54) is 0 Å². The Hall–Kier alpha value is -1.85. The average molecular weight is 257 g/mol. The minimum Gasteiger partial charge on any atom is -0.612 e. The lowest BCUT2D eigenvalue weighted by molar-refractivity contribution is 0.601. The molecule has 1 N–H and O–H groups in total. The molecule has 3 rings (SSSR count). The van der Waals surface area contributed by atoms with Crippen molar-refractivity contribution in [3.05, 3.63) is 42.6 Å². The topological polar surface area (TPSA) is 64.6 Å². The molecule has 3 aromatic rings. The lowest BCUT2D eigenvalue weighted by atomic mass is 10.3. The number of hydrogen-bond acceptors (Lipinski definition) is 3. The molecule has 0 spiro atoms. The Kier molecular flexibility index (Phi) is 2.77. The number of aromatic amines is 1. The molecule has 1 atom stereocenters. The molecule has 0 aliphatic carbocycles. The lowest BCUT2D eigenvalue weighted by Crippen LogP contribution is -1.96. The Morgan fingerprint density at radius 3 is 2.83 bits per heavy atom. The summed E-state index contributed by atoms with van der Waals surface area (Å²) in [7, 11) is 0. The SMILES string of the molecule is C[S+]([O-])c1ccc2[nH]c(-c3ccccn3)nc2c1. The molecule has 18 heavy (non-hydrogen) atoms. The van der Waals surface area contributed by atoms with E-state index in [-0.39, 0.29) is 0 Å². The van der Waals surface area contributed by atoms with Crippen LogP contribution in [0.5, 0.6) is 0 Å². The molecular formula is C13H11N3OS. The van der Waals surface area contributed by atoms with Crippen molar-refractivity contribution >= 4 is 22.2 Å². The molecule has 5 heteroatoms. The van der Waals surface area contributed by atoms with E-state index in [1.54, 1.807) is 12.5 Å². The number of fused-ring (bicyclic) bond motifs is 1. The predicted octanol–water partition coefficient (Wildman–Crippen LogP) is 2.36. The monoisotopic (exact) mass is 257 g/mol. The second kappa shape index (κ2) is 4.44. The van der Waals surface area contributed by atoms with Gasteiger partial charge in [0.2, 0.25) is 0 Å². The molecule has 2 aromatic heterocycles. The first kappa shape index (κ1) is 11.3. The Morgan fingerprint density at radius 2 is 2.11 bits per heavy atom. The fraction of sp³-hybridized carbons (Fsp3) is 0.0769. The van der Waals surface area contributed by atoms with E-state index in [4.69, 9.17) is 0 Å². The van der Waals surface area contributed by atoms with Crippen LogP contribution in [0.1, 0.15) is 0 Å². The molecule has 0 bridgehead atoms. The van der Waals surface area contributed by atoms with Crippen molar-refractivity contribution in [1.29, 1.82) is 0 Å². The van der Waals surface area contributed by atoms with E-state index in [0.29, 0.717) is 0 Å². The number of imidazole rings is 1. The molecule has 0 saturated carbocycles. The van der Waals surface area contributed by atoms with Crippen molar-refractivity contribution in [3.63, 3.8) is 0 Å². The molecule has 0 fully saturated rings. The third-order valence-corrected chi connectivity index (χ3v) is 3.61. The van der Waals surface area contributed by atoms with Gasteiger partial charge in [-0.15, -0.1) is 0 Å². The first-order valence-electron chi connectivity index (χ1n) is 5.48. The summed E-state index contributed by atoms with van der Waals surface area (Å²) >= 11 is -0.990. The fourth-order valence-electron chi connectivity index (χ4n) is 1.79. The van der Waals surface area contributed by atoms with Crippen LogP contribution in [0.25, 0.3) is 22.6 Å². The Bertz CT molecular complexity index is 679. The number of nitrogens with zero attached hydrogens (tertiary/aromatic N) is 2. The number of aromatic nitrogens is 3. The summed E-state index contributed by atoms with van der Waals surface area (Å²) in [5.74, 6) is 0.727. The highest BCUT2D eigenvalue weighted by atomic mass is 32.2. The predicted molar refractivity (Wildman–Crippen MR) is 71.7 cm³/mol. The summed E-state index contributed by atoms with van der Waals surface area (Å²) in [5.41, 5.74) is 2.53. The smallest absolute Gasteiger partial charge is 0.157 e.